The number of nitrogens with one attached hydrogen (secondary N) is 3. The Morgan fingerprint density at radius 1 is 0.800 bits per heavy atom. The molecule has 174 valence electrons. The van der Waals surface area contributed by atoms with Crippen molar-refractivity contribution >= 4 is 23.7 Å². The first-order chi connectivity index (χ1) is 13.8. The van der Waals surface area contributed by atoms with E-state index in [-0.39, 0.29) is 24.2 Å². The van der Waals surface area contributed by atoms with Gasteiger partial charge >= 0.3 is 5.97 Å². The molecular formula is C21H40N4O5. The van der Waals surface area contributed by atoms with E-state index in [4.69, 9.17) is 5.73 Å². The van der Waals surface area contributed by atoms with Crippen LogP contribution in [0.4, 0.5) is 0 Å². The first kappa shape index (κ1) is 27.8. The molecule has 3 amide bonds. The van der Waals surface area contributed by atoms with Gasteiger partial charge in [0.2, 0.25) is 17.7 Å². The van der Waals surface area contributed by atoms with E-state index >= 15 is 0 Å². The number of aliphatic carboxylic acids is 1. The molecule has 0 rings (SSSR count). The van der Waals surface area contributed by atoms with Gasteiger partial charge in [0.05, 0.1) is 6.04 Å². The van der Waals surface area contributed by atoms with Crippen LogP contribution in [0.2, 0.25) is 0 Å². The highest BCUT2D eigenvalue weighted by Gasteiger charge is 2.31. The highest BCUT2D eigenvalue weighted by Crippen LogP contribution is 2.10. The van der Waals surface area contributed by atoms with Crippen LogP contribution in [0, 0.1) is 17.8 Å². The van der Waals surface area contributed by atoms with Gasteiger partial charge in [0, 0.05) is 0 Å². The Balaban J connectivity index is 5.11. The van der Waals surface area contributed by atoms with Crippen LogP contribution in [0.15, 0.2) is 0 Å². The van der Waals surface area contributed by atoms with Gasteiger partial charge in [0.25, 0.3) is 0 Å². The lowest BCUT2D eigenvalue weighted by molar-refractivity contribution is -0.142. The number of carbonyl (C=O) groups is 4. The van der Waals surface area contributed by atoms with Crippen molar-refractivity contribution in [3.8, 4) is 0 Å². The quantitative estimate of drug-likeness (QED) is 0.295. The molecule has 5 unspecified atom stereocenters. The Labute approximate surface area is 179 Å². The van der Waals surface area contributed by atoms with E-state index in [1.54, 1.807) is 0 Å². The molecule has 0 aliphatic carbocycles. The predicted octanol–water partition coefficient (Wildman–Crippen LogP) is 1.01. The molecule has 0 radical (unpaired) electrons. The maximum absolute atomic E-state index is 12.8. The summed E-state index contributed by atoms with van der Waals surface area (Å²) in [6, 6.07) is -3.56. The standard InChI is InChI=1S/C21H40N4O5/c1-8-13(6)17(25-19(27)15(22)9-11(2)3)20(28)23-14(7)18(26)24-16(21(29)30)10-12(4)5/h11-17H,8-10,22H2,1-7H3,(H,23,28)(H,24,26)(H,25,27)(H,29,30). The molecular weight excluding hydrogens is 388 g/mol. The monoisotopic (exact) mass is 428 g/mol. The largest absolute Gasteiger partial charge is 0.480 e. The van der Waals surface area contributed by atoms with E-state index in [9.17, 15) is 24.3 Å². The zero-order chi connectivity index (χ0) is 23.6. The summed E-state index contributed by atoms with van der Waals surface area (Å²) >= 11 is 0. The minimum Gasteiger partial charge on any atom is -0.480 e. The molecule has 0 aromatic carbocycles. The van der Waals surface area contributed by atoms with Gasteiger partial charge < -0.3 is 26.8 Å². The molecule has 0 aromatic heterocycles. The van der Waals surface area contributed by atoms with Crippen LogP contribution in [0.3, 0.4) is 0 Å². The summed E-state index contributed by atoms with van der Waals surface area (Å²) in [4.78, 5) is 48.9. The molecule has 0 heterocycles. The highest BCUT2D eigenvalue weighted by atomic mass is 16.4. The van der Waals surface area contributed by atoms with E-state index in [2.05, 4.69) is 16.0 Å². The lowest BCUT2D eigenvalue weighted by Gasteiger charge is -2.27. The number of hydrogen-bond donors (Lipinski definition) is 5. The Morgan fingerprint density at radius 3 is 1.77 bits per heavy atom. The lowest BCUT2D eigenvalue weighted by atomic mass is 9.96. The zero-order valence-corrected chi connectivity index (χ0v) is 19.3. The van der Waals surface area contributed by atoms with Gasteiger partial charge in [-0.1, -0.05) is 48.0 Å². The maximum Gasteiger partial charge on any atom is 0.326 e. The highest BCUT2D eigenvalue weighted by molar-refractivity contribution is 5.94. The van der Waals surface area contributed by atoms with E-state index in [1.165, 1.54) is 6.92 Å². The minimum absolute atomic E-state index is 0.0799. The fourth-order valence-corrected chi connectivity index (χ4v) is 2.94. The Kier molecular flexibility index (Phi) is 12.3. The van der Waals surface area contributed by atoms with Crippen molar-refractivity contribution in [1.29, 1.82) is 0 Å². The fourth-order valence-electron chi connectivity index (χ4n) is 2.94. The molecule has 0 bridgehead atoms. The van der Waals surface area contributed by atoms with Crippen molar-refractivity contribution in [2.24, 2.45) is 23.5 Å². The molecule has 0 aliphatic heterocycles. The number of amides is 3. The number of rotatable bonds is 13. The fraction of sp³-hybridized carbons (Fsp3) is 0.810. The second kappa shape index (κ2) is 13.2. The predicted molar refractivity (Wildman–Crippen MR) is 115 cm³/mol. The van der Waals surface area contributed by atoms with Crippen LogP contribution in [0.5, 0.6) is 0 Å². The maximum atomic E-state index is 12.8. The smallest absolute Gasteiger partial charge is 0.326 e. The third-order valence-corrected chi connectivity index (χ3v) is 4.93. The number of hydrogen-bond acceptors (Lipinski definition) is 5. The normalized spacial score (nSPS) is 16.3. The van der Waals surface area contributed by atoms with Crippen molar-refractivity contribution < 1.29 is 24.3 Å². The third kappa shape index (κ3) is 10.0. The van der Waals surface area contributed by atoms with Crippen LogP contribution in [-0.2, 0) is 19.2 Å². The summed E-state index contributed by atoms with van der Waals surface area (Å²) in [5, 5.41) is 17.0. The van der Waals surface area contributed by atoms with E-state index < -0.39 is 47.9 Å². The van der Waals surface area contributed by atoms with E-state index in [0.29, 0.717) is 12.8 Å². The number of nitrogens with two attached hydrogens (primary N) is 1. The molecule has 30 heavy (non-hydrogen) atoms. The lowest BCUT2D eigenvalue weighted by Crippen LogP contribution is -2.58. The molecule has 0 spiro atoms. The van der Waals surface area contributed by atoms with E-state index in [1.807, 2.05) is 41.5 Å². The van der Waals surface area contributed by atoms with Crippen LogP contribution in [0.1, 0.15) is 67.7 Å². The minimum atomic E-state index is -1.13. The third-order valence-electron chi connectivity index (χ3n) is 4.93. The van der Waals surface area contributed by atoms with Crippen molar-refractivity contribution in [1.82, 2.24) is 16.0 Å². The van der Waals surface area contributed by atoms with Crippen LogP contribution < -0.4 is 21.7 Å². The van der Waals surface area contributed by atoms with Crippen molar-refractivity contribution in [3.05, 3.63) is 0 Å². The summed E-state index contributed by atoms with van der Waals surface area (Å²) < 4.78 is 0. The molecule has 0 aliphatic rings. The molecule has 9 nitrogen and oxygen atoms in total. The summed E-state index contributed by atoms with van der Waals surface area (Å²) in [6.07, 6.45) is 1.40. The summed E-state index contributed by atoms with van der Waals surface area (Å²) in [5.41, 5.74) is 5.92. The van der Waals surface area contributed by atoms with Crippen LogP contribution in [0.25, 0.3) is 0 Å². The number of carboxylic acids is 1. The Morgan fingerprint density at radius 2 is 1.33 bits per heavy atom. The average Bonchev–Trinajstić information content (AvgIpc) is 2.63. The molecule has 5 atom stereocenters. The van der Waals surface area contributed by atoms with Crippen molar-refractivity contribution in [3.63, 3.8) is 0 Å². The summed E-state index contributed by atoms with van der Waals surface area (Å²) in [6.45, 7) is 12.8. The average molecular weight is 429 g/mol. The Hall–Kier alpha value is -2.16. The SMILES string of the molecule is CCC(C)C(NC(=O)C(N)CC(C)C)C(=O)NC(C)C(=O)NC(CC(C)C)C(=O)O. The van der Waals surface area contributed by atoms with Gasteiger partial charge in [-0.2, -0.15) is 0 Å². The van der Waals surface area contributed by atoms with Crippen LogP contribution in [-0.4, -0.2) is 53.0 Å². The first-order valence-electron chi connectivity index (χ1n) is 10.7. The summed E-state index contributed by atoms with van der Waals surface area (Å²) in [5.74, 6) is -2.50. The van der Waals surface area contributed by atoms with E-state index in [0.717, 1.165) is 0 Å². The summed E-state index contributed by atoms with van der Waals surface area (Å²) in [7, 11) is 0. The topological polar surface area (TPSA) is 151 Å². The molecule has 6 N–H and O–H groups in total. The molecule has 0 saturated heterocycles. The molecule has 0 aromatic rings. The molecule has 0 saturated carbocycles. The second-order valence-electron chi connectivity index (χ2n) is 8.87. The van der Waals surface area contributed by atoms with Crippen LogP contribution >= 0.6 is 0 Å². The van der Waals surface area contributed by atoms with Crippen molar-refractivity contribution in [2.75, 3.05) is 0 Å². The Bertz CT molecular complexity index is 594. The number of carbonyl (C=O) groups excluding carboxylic acids is 3. The van der Waals surface area contributed by atoms with Gasteiger partial charge in [-0.05, 0) is 37.5 Å². The van der Waals surface area contributed by atoms with Gasteiger partial charge in [-0.25, -0.2) is 4.79 Å². The number of carboxylic acid groups (broad SMARTS) is 1. The zero-order valence-electron chi connectivity index (χ0n) is 19.3. The van der Waals surface area contributed by atoms with Gasteiger partial charge in [0.15, 0.2) is 0 Å². The second-order valence-corrected chi connectivity index (χ2v) is 8.87. The van der Waals surface area contributed by atoms with Gasteiger partial charge in [-0.15, -0.1) is 0 Å². The molecule has 9 heteroatoms. The van der Waals surface area contributed by atoms with Crippen molar-refractivity contribution in [2.45, 2.75) is 91.9 Å². The first-order valence-corrected chi connectivity index (χ1v) is 10.7. The van der Waals surface area contributed by atoms with Gasteiger partial charge in [-0.3, -0.25) is 14.4 Å². The van der Waals surface area contributed by atoms with Gasteiger partial charge in [0.1, 0.15) is 18.1 Å². The molecule has 0 fully saturated rings.